The summed E-state index contributed by atoms with van der Waals surface area (Å²) in [6.07, 6.45) is 4.28. The molecule has 10 nitrogen and oxygen atoms in total. The minimum absolute atomic E-state index is 0.0113. The maximum absolute atomic E-state index is 12.3. The van der Waals surface area contributed by atoms with E-state index in [1.807, 2.05) is 0 Å². The van der Waals surface area contributed by atoms with Crippen molar-refractivity contribution in [3.05, 3.63) is 41.1 Å². The summed E-state index contributed by atoms with van der Waals surface area (Å²) in [5.41, 5.74) is -0.539. The van der Waals surface area contributed by atoms with Crippen LogP contribution in [0.15, 0.2) is 40.4 Å². The van der Waals surface area contributed by atoms with Crippen molar-refractivity contribution in [1.82, 2.24) is 15.4 Å². The summed E-state index contributed by atoms with van der Waals surface area (Å²) in [7, 11) is -3.29. The van der Waals surface area contributed by atoms with E-state index in [9.17, 15) is 18.0 Å². The van der Waals surface area contributed by atoms with E-state index in [1.165, 1.54) is 31.7 Å². The van der Waals surface area contributed by atoms with Crippen LogP contribution in [0.2, 0.25) is 5.02 Å². The summed E-state index contributed by atoms with van der Waals surface area (Å²) >= 11 is 5.72. The molecule has 4 N–H and O–H groups in total. The number of halogens is 1. The number of aromatic carboxylic acids is 1. The molecule has 0 saturated carbocycles. The van der Waals surface area contributed by atoms with E-state index in [4.69, 9.17) is 21.4 Å². The van der Waals surface area contributed by atoms with Crippen molar-refractivity contribution in [2.45, 2.75) is 10.9 Å². The van der Waals surface area contributed by atoms with Crippen LogP contribution in [0.25, 0.3) is 0 Å². The van der Waals surface area contributed by atoms with Gasteiger partial charge in [0.25, 0.3) is 10.0 Å². The molecule has 1 atom stereocenters. The number of nitrogens with zero attached hydrogens (tertiary/aromatic N) is 1. The van der Waals surface area contributed by atoms with Crippen LogP contribution in [0.3, 0.4) is 0 Å². The Kier molecular flexibility index (Phi) is 5.30. The number of allylic oxidation sites excluding steroid dienone is 1. The molecule has 0 aromatic heterocycles. The third kappa shape index (κ3) is 4.26. The van der Waals surface area contributed by atoms with Gasteiger partial charge >= 0.3 is 18.0 Å². The van der Waals surface area contributed by atoms with Crippen molar-refractivity contribution in [2.75, 3.05) is 7.11 Å². The molecule has 134 valence electrons. The summed E-state index contributed by atoms with van der Waals surface area (Å²) in [4.78, 5) is 26.4. The van der Waals surface area contributed by atoms with E-state index in [0.717, 1.165) is 12.1 Å². The van der Waals surface area contributed by atoms with Gasteiger partial charge in [-0.25, -0.2) is 27.7 Å². The van der Waals surface area contributed by atoms with E-state index in [-0.39, 0.29) is 5.02 Å². The molecule has 0 bridgehead atoms. The highest BCUT2D eigenvalue weighted by atomic mass is 35.5. The Hall–Kier alpha value is -2.63. The average Bonchev–Trinajstić information content (AvgIpc) is 2.54. The van der Waals surface area contributed by atoms with Crippen molar-refractivity contribution in [3.8, 4) is 0 Å². The molecule has 0 aliphatic carbocycles. The number of hydrogen-bond donors (Lipinski definition) is 4. The number of ether oxygens (including phenoxy) is 1. The maximum atomic E-state index is 12.3. The molecule has 1 aliphatic heterocycles. The lowest BCUT2D eigenvalue weighted by Crippen LogP contribution is -2.60. The van der Waals surface area contributed by atoms with Crippen LogP contribution in [-0.4, -0.2) is 44.8 Å². The van der Waals surface area contributed by atoms with Gasteiger partial charge in [-0.05, 0) is 24.3 Å². The average molecular weight is 389 g/mol. The molecule has 2 rings (SSSR count). The molecule has 1 unspecified atom stereocenters. The first-order valence-electron chi connectivity index (χ1n) is 6.60. The second kappa shape index (κ2) is 7.09. The number of rotatable bonds is 5. The minimum Gasteiger partial charge on any atom is -0.478 e. The number of sulfonamides is 1. The third-order valence-electron chi connectivity index (χ3n) is 2.99. The molecule has 2 amide bonds. The van der Waals surface area contributed by atoms with Crippen LogP contribution < -0.4 is 15.4 Å². The molecule has 25 heavy (non-hydrogen) atoms. The van der Waals surface area contributed by atoms with E-state index >= 15 is 0 Å². The molecule has 0 spiro atoms. The number of carbonyl (C=O) groups is 2. The summed E-state index contributed by atoms with van der Waals surface area (Å²) in [6.45, 7) is 0. The number of carbonyl (C=O) groups excluding carboxylic acids is 1. The van der Waals surface area contributed by atoms with Crippen molar-refractivity contribution < 1.29 is 27.9 Å². The van der Waals surface area contributed by atoms with Gasteiger partial charge in [0.1, 0.15) is 4.90 Å². The quantitative estimate of drug-likeness (QED) is 0.536. The molecule has 1 heterocycles. The standard InChI is InChI=1S/C13H13ClN4O6S/c1-24-13(15-5-2-6-16-13)17-12(21)18-25(22,23)10-7-8(14)3-4-9(10)11(19)20/h2-7,15H,1H3,(H,19,20)(H2,17,18,21). The Labute approximate surface area is 147 Å². The number of carboxylic acid groups (broad SMARTS) is 1. The summed E-state index contributed by atoms with van der Waals surface area (Å²) in [5, 5.41) is 13.9. The van der Waals surface area contributed by atoms with E-state index < -0.39 is 38.5 Å². The van der Waals surface area contributed by atoms with Crippen LogP contribution in [0.4, 0.5) is 4.79 Å². The molecular weight excluding hydrogens is 376 g/mol. The number of methoxy groups -OCH3 is 1. The molecule has 0 saturated heterocycles. The molecule has 12 heteroatoms. The lowest BCUT2D eigenvalue weighted by Gasteiger charge is -2.30. The number of carboxylic acids is 1. The molecule has 1 aromatic carbocycles. The van der Waals surface area contributed by atoms with Crippen molar-refractivity contribution in [2.24, 2.45) is 4.99 Å². The van der Waals surface area contributed by atoms with Gasteiger partial charge in [0.05, 0.1) is 5.56 Å². The van der Waals surface area contributed by atoms with Crippen LogP contribution in [-0.2, 0) is 14.8 Å². The predicted molar refractivity (Wildman–Crippen MR) is 87.8 cm³/mol. The number of hydrogen-bond acceptors (Lipinski definition) is 7. The largest absolute Gasteiger partial charge is 0.478 e. The SMILES string of the molecule is COC1(NC(=O)NS(=O)(=O)c2cc(Cl)ccc2C(=O)O)N=CC=CN1. The zero-order valence-corrected chi connectivity index (χ0v) is 14.3. The van der Waals surface area contributed by atoms with E-state index in [2.05, 4.69) is 15.6 Å². The maximum Gasteiger partial charge on any atom is 0.337 e. The lowest BCUT2D eigenvalue weighted by molar-refractivity contribution is -0.0392. The fourth-order valence-corrected chi connectivity index (χ4v) is 3.24. The zero-order chi connectivity index (χ0) is 18.7. The Morgan fingerprint density at radius 2 is 2.12 bits per heavy atom. The molecule has 1 aromatic rings. The monoisotopic (exact) mass is 388 g/mol. The summed E-state index contributed by atoms with van der Waals surface area (Å²) in [6, 6.07) is 1.97. The van der Waals surface area contributed by atoms with Gasteiger partial charge in [0.2, 0.25) is 0 Å². The fraction of sp³-hybridized carbons (Fsp3) is 0.154. The fourth-order valence-electron chi connectivity index (χ4n) is 1.87. The van der Waals surface area contributed by atoms with Crippen molar-refractivity contribution >= 4 is 39.8 Å². The van der Waals surface area contributed by atoms with Gasteiger partial charge in [-0.15, -0.1) is 0 Å². The highest BCUT2D eigenvalue weighted by Gasteiger charge is 2.33. The first kappa shape index (κ1) is 18.7. The molecule has 0 fully saturated rings. The number of urea groups is 1. The molecular formula is C13H13ClN4O6S. The van der Waals surface area contributed by atoms with Gasteiger partial charge in [0, 0.05) is 24.5 Å². The lowest BCUT2D eigenvalue weighted by atomic mass is 10.2. The highest BCUT2D eigenvalue weighted by molar-refractivity contribution is 7.90. The first-order chi connectivity index (χ1) is 11.7. The predicted octanol–water partition coefficient (Wildman–Crippen LogP) is 0.472. The van der Waals surface area contributed by atoms with Gasteiger partial charge in [-0.3, -0.25) is 5.32 Å². The normalized spacial score (nSPS) is 19.1. The van der Waals surface area contributed by atoms with E-state index in [0.29, 0.717) is 0 Å². The molecule has 0 radical (unpaired) electrons. The van der Waals surface area contributed by atoms with Crippen LogP contribution >= 0.6 is 11.6 Å². The zero-order valence-electron chi connectivity index (χ0n) is 12.7. The smallest absolute Gasteiger partial charge is 0.337 e. The van der Waals surface area contributed by atoms with E-state index in [1.54, 1.807) is 4.72 Å². The van der Waals surface area contributed by atoms with Gasteiger partial charge < -0.3 is 15.2 Å². The second-order valence-corrected chi connectivity index (χ2v) is 6.72. The Morgan fingerprint density at radius 3 is 2.68 bits per heavy atom. The summed E-state index contributed by atoms with van der Waals surface area (Å²) < 4.78 is 31.4. The number of amides is 2. The van der Waals surface area contributed by atoms with Gasteiger partial charge in [-0.2, -0.15) is 0 Å². The van der Waals surface area contributed by atoms with Gasteiger partial charge in [0.15, 0.2) is 0 Å². The first-order valence-corrected chi connectivity index (χ1v) is 8.46. The summed E-state index contributed by atoms with van der Waals surface area (Å²) in [5.74, 6) is -3.19. The number of benzene rings is 1. The van der Waals surface area contributed by atoms with Crippen molar-refractivity contribution in [1.29, 1.82) is 0 Å². The topological polar surface area (TPSA) is 146 Å². The Balaban J connectivity index is 2.26. The van der Waals surface area contributed by atoms with Crippen LogP contribution in [0.1, 0.15) is 10.4 Å². The Morgan fingerprint density at radius 1 is 1.40 bits per heavy atom. The van der Waals surface area contributed by atoms with Crippen LogP contribution in [0.5, 0.6) is 0 Å². The highest BCUT2D eigenvalue weighted by Crippen LogP contribution is 2.21. The minimum atomic E-state index is -4.52. The van der Waals surface area contributed by atoms with Crippen LogP contribution in [0, 0.1) is 0 Å². The number of aliphatic imine (C=N–C) groups is 1. The van der Waals surface area contributed by atoms with Gasteiger partial charge in [-0.1, -0.05) is 11.6 Å². The third-order valence-corrected chi connectivity index (χ3v) is 4.59. The van der Waals surface area contributed by atoms with Crippen molar-refractivity contribution in [3.63, 3.8) is 0 Å². The Bertz CT molecular complexity index is 869. The number of nitrogens with one attached hydrogen (secondary N) is 3. The molecule has 1 aliphatic rings. The second-order valence-electron chi connectivity index (χ2n) is 4.64.